The average Bonchev–Trinajstić information content (AvgIpc) is 0.801. The quantitative estimate of drug-likeness (QED) is 0.0211. The molecule has 5 aromatic rings. The Morgan fingerprint density at radius 3 is 0.899 bits per heavy atom. The van der Waals surface area contributed by atoms with Gasteiger partial charge in [-0.05, 0) is 446 Å². The van der Waals surface area contributed by atoms with E-state index in [4.69, 9.17) is 54.0 Å². The van der Waals surface area contributed by atoms with Gasteiger partial charge in [0.05, 0.1) is 39.6 Å². The van der Waals surface area contributed by atoms with E-state index in [1.165, 1.54) is 131 Å². The topological polar surface area (TPSA) is 285 Å². The number of phenols is 5. The smallest absolute Gasteiger partial charge is 0.347 e. The standard InChI is InChI=1S/C19H32O2.C15H28O2.2C13H24O2.C10H20O2.5C10H14O.C9H14O4/c1-6-17(2,3)16(20)21-18(4,5)19-10-13-7-14(11-19)9-15(8-13)12-19;1-6-14(2,3)13(16)17-15(4,5)12-10-8-7-9-11-12;1-5-12(2,3)11(14)15-13(4)9-7-6-8-10-13;1-5-12(3,4)11(14)15-13(6-2)9-7-8-10-13;1-7-10(5,6)8(11)12-9(2,3)4;5*1-3-8(2)9-4-6-10(11)7-5-9;1-3-6(2)8(10)13-7-4-5-12-9(7)11/h13-15H,6-12H2,1-5H3;12H,6-11H2,1-5H3;2*5-10H2,1-4H3;7H2,1-6H3;5*4-8,11H,3H2,1-2H3;6-7H,3-5H2,1-2H3. The molecule has 19 nitrogen and oxygen atoms in total. The first kappa shape index (κ1) is 135. The minimum Gasteiger partial charge on any atom is -0.508 e. The summed E-state index contributed by atoms with van der Waals surface area (Å²) in [5, 5.41) is 45.1. The first-order chi connectivity index (χ1) is 68.8. The Morgan fingerprint density at radius 2 is 0.628 bits per heavy atom. The van der Waals surface area contributed by atoms with Crippen LogP contribution in [0.25, 0.3) is 0 Å². The van der Waals surface area contributed by atoms with Gasteiger partial charge in [0, 0.05) is 11.8 Å². The van der Waals surface area contributed by atoms with E-state index in [1.54, 1.807) is 67.6 Å². The summed E-state index contributed by atoms with van der Waals surface area (Å²) in [5.41, 5.74) is 3.69. The van der Waals surface area contributed by atoms with E-state index in [-0.39, 0.29) is 102 Å². The minimum absolute atomic E-state index is 0.00857. The fourth-order valence-corrected chi connectivity index (χ4v) is 18.6. The molecule has 842 valence electrons. The van der Waals surface area contributed by atoms with Crippen LogP contribution < -0.4 is 0 Å². The highest BCUT2D eigenvalue weighted by atomic mass is 16.6. The average molecular weight is 2070 g/mol. The van der Waals surface area contributed by atoms with Crippen LogP contribution >= 0.6 is 0 Å². The number of ether oxygens (including phenoxy) is 7. The van der Waals surface area contributed by atoms with Gasteiger partial charge < -0.3 is 58.7 Å². The van der Waals surface area contributed by atoms with E-state index >= 15 is 0 Å². The molecule has 0 amide bonds. The molecule has 5 aromatic carbocycles. The maximum absolute atomic E-state index is 12.6. The molecule has 1 aliphatic heterocycles. The molecule has 1 saturated heterocycles. The van der Waals surface area contributed by atoms with Crippen molar-refractivity contribution in [3.8, 4) is 28.7 Å². The third-order valence-electron chi connectivity index (χ3n) is 33.4. The molecule has 8 fully saturated rings. The van der Waals surface area contributed by atoms with Gasteiger partial charge in [-0.15, -0.1) is 0 Å². The van der Waals surface area contributed by atoms with Crippen molar-refractivity contribution in [2.24, 2.45) is 62.1 Å². The maximum atomic E-state index is 12.6. The number of phenolic OH excluding ortho intramolecular Hbond substituents is 5. The second kappa shape index (κ2) is 63.8. The zero-order valence-corrected chi connectivity index (χ0v) is 99.9. The van der Waals surface area contributed by atoms with Crippen LogP contribution in [0.15, 0.2) is 121 Å². The van der Waals surface area contributed by atoms with Crippen LogP contribution in [0, 0.1) is 62.1 Å². The monoisotopic (exact) mass is 2070 g/mol. The lowest BCUT2D eigenvalue weighted by Crippen LogP contribution is -2.58. The van der Waals surface area contributed by atoms with Gasteiger partial charge in [-0.2, -0.15) is 0 Å². The fourth-order valence-electron chi connectivity index (χ4n) is 18.6. The van der Waals surface area contributed by atoms with Crippen LogP contribution in [0.2, 0.25) is 0 Å². The number of carbonyl (C=O) groups excluding carboxylic acids is 7. The molecule has 7 aliphatic carbocycles. The molecular formula is C129H212O19. The highest BCUT2D eigenvalue weighted by Crippen LogP contribution is 2.65. The highest BCUT2D eigenvalue weighted by Gasteiger charge is 2.59. The Balaban J connectivity index is 0.000000554. The van der Waals surface area contributed by atoms with Crippen LogP contribution in [0.5, 0.6) is 28.7 Å². The van der Waals surface area contributed by atoms with Gasteiger partial charge in [0.1, 0.15) is 56.8 Å². The molecule has 19 heteroatoms. The van der Waals surface area contributed by atoms with Gasteiger partial charge >= 0.3 is 41.8 Å². The molecule has 8 aliphatic rings. The predicted molar refractivity (Wildman–Crippen MR) is 608 cm³/mol. The highest BCUT2D eigenvalue weighted by molar-refractivity contribution is 5.82. The van der Waals surface area contributed by atoms with Gasteiger partial charge in [-0.25, -0.2) is 4.79 Å². The number of rotatable bonds is 30. The van der Waals surface area contributed by atoms with Crippen molar-refractivity contribution in [3.05, 3.63) is 149 Å². The molecule has 0 aromatic heterocycles. The molecule has 1 heterocycles. The lowest BCUT2D eigenvalue weighted by molar-refractivity contribution is -0.206. The maximum Gasteiger partial charge on any atom is 0.347 e. The normalized spacial score (nSPS) is 19.8. The van der Waals surface area contributed by atoms with Crippen molar-refractivity contribution >= 4 is 41.8 Å². The summed E-state index contributed by atoms with van der Waals surface area (Å²) >= 11 is 0. The molecule has 13 rings (SSSR count). The van der Waals surface area contributed by atoms with Crippen molar-refractivity contribution < 1.29 is 92.3 Å². The Labute approximate surface area is 900 Å². The van der Waals surface area contributed by atoms with E-state index in [1.807, 2.05) is 185 Å². The first-order valence-corrected chi connectivity index (χ1v) is 57.3. The molecule has 0 radical (unpaired) electrons. The summed E-state index contributed by atoms with van der Waals surface area (Å²) in [7, 11) is 0. The van der Waals surface area contributed by atoms with Crippen LogP contribution in [-0.2, 0) is 66.7 Å². The predicted octanol–water partition coefficient (Wildman–Crippen LogP) is 34.8. The van der Waals surface area contributed by atoms with E-state index in [2.05, 4.69) is 122 Å². The van der Waals surface area contributed by atoms with Crippen LogP contribution in [0.1, 0.15) is 519 Å². The fraction of sp³-hybridized carbons (Fsp3) is 0.713. The molecule has 7 saturated carbocycles. The second-order valence-electron chi connectivity index (χ2n) is 49.3. The summed E-state index contributed by atoms with van der Waals surface area (Å²) < 4.78 is 38.3. The SMILES string of the molecule is CCC(C)(C)C(=O)OC(C)(C)C.CCC(C)(C)C(=O)OC(C)(C)C12CC3CC(CC(C3)C1)C2.CCC(C)(C)C(=O)OC(C)(C)C1CCCCC1.CCC(C)(C)C(=O)OC1(C)CCCCC1.CCC(C)C(=O)OC1CCOC1=O.CCC(C)c1ccc(O)cc1.CCC(C)c1ccc(O)cc1.CCC(C)c1ccc(O)cc1.CCC(C)c1ccc(O)cc1.CCC(C)c1ccc(O)cc1.CCC1(OC(=O)C(C)(C)CC)CCCC1. The summed E-state index contributed by atoms with van der Waals surface area (Å²) in [6, 6.07) is 37.1. The molecule has 148 heavy (non-hydrogen) atoms. The molecule has 7 unspecified atom stereocenters. The van der Waals surface area contributed by atoms with Gasteiger partial charge in [-0.3, -0.25) is 28.8 Å². The van der Waals surface area contributed by atoms with Crippen molar-refractivity contribution in [3.63, 3.8) is 0 Å². The van der Waals surface area contributed by atoms with E-state index in [0.717, 1.165) is 120 Å². The number of hydrogen-bond acceptors (Lipinski definition) is 19. The Morgan fingerprint density at radius 1 is 0.351 bits per heavy atom. The van der Waals surface area contributed by atoms with Gasteiger partial charge in [0.25, 0.3) is 0 Å². The Kier molecular flexibility index (Phi) is 58.4. The third kappa shape index (κ3) is 46.9. The Bertz CT molecular complexity index is 4250. The Hall–Kier alpha value is -8.61. The van der Waals surface area contributed by atoms with Crippen LogP contribution in [0.4, 0.5) is 0 Å². The number of aromatic hydroxyl groups is 5. The summed E-state index contributed by atoms with van der Waals surface area (Å²) in [6.45, 7) is 73.9. The number of hydrogen-bond donors (Lipinski definition) is 5. The van der Waals surface area contributed by atoms with E-state index in [0.29, 0.717) is 77.3 Å². The number of carbonyl (C=O) groups is 7. The summed E-state index contributed by atoms with van der Waals surface area (Å²) in [4.78, 5) is 82.3. The van der Waals surface area contributed by atoms with Crippen molar-refractivity contribution in [2.75, 3.05) is 6.61 Å². The van der Waals surface area contributed by atoms with Gasteiger partial charge in [-0.1, -0.05) is 211 Å². The molecule has 5 N–H and O–H groups in total. The number of cyclic esters (lactones) is 1. The zero-order valence-electron chi connectivity index (χ0n) is 99.9. The van der Waals surface area contributed by atoms with Crippen molar-refractivity contribution in [1.29, 1.82) is 0 Å². The number of esters is 7. The minimum atomic E-state index is -0.665. The largest absolute Gasteiger partial charge is 0.508 e. The van der Waals surface area contributed by atoms with E-state index < -0.39 is 12.1 Å². The molecule has 0 spiro atoms. The lowest BCUT2D eigenvalue weighted by Gasteiger charge is -2.61. The van der Waals surface area contributed by atoms with Crippen molar-refractivity contribution in [2.45, 2.75) is 525 Å². The molecular weight excluding hydrogens is 1850 g/mol. The number of benzene rings is 5. The summed E-state index contributed by atoms with van der Waals surface area (Å²) in [6.07, 6.45) is 36.0. The molecule has 4 bridgehead atoms. The molecule has 7 atom stereocenters. The summed E-state index contributed by atoms with van der Waals surface area (Å²) in [5.74, 6) is 6.81. The second-order valence-corrected chi connectivity index (χ2v) is 49.3. The lowest BCUT2D eigenvalue weighted by atomic mass is 9.46. The van der Waals surface area contributed by atoms with Gasteiger partial charge in [0.2, 0.25) is 6.10 Å². The first-order valence-electron chi connectivity index (χ1n) is 57.3. The van der Waals surface area contributed by atoms with Crippen LogP contribution in [0.3, 0.4) is 0 Å². The van der Waals surface area contributed by atoms with E-state index in [9.17, 15) is 33.6 Å². The third-order valence-corrected chi connectivity index (χ3v) is 33.4. The van der Waals surface area contributed by atoms with Crippen LogP contribution in [-0.4, -0.2) is 108 Å². The van der Waals surface area contributed by atoms with Crippen molar-refractivity contribution in [1.82, 2.24) is 0 Å². The zero-order chi connectivity index (χ0) is 113. The van der Waals surface area contributed by atoms with Gasteiger partial charge in [0.15, 0.2) is 0 Å².